The molecule has 3 aromatic carbocycles. The molecule has 2 heterocycles. The molecule has 9 heteroatoms. The largest absolute Gasteiger partial charge is 0.325 e. The molecule has 0 saturated heterocycles. The highest BCUT2D eigenvalue weighted by atomic mass is 32.2. The summed E-state index contributed by atoms with van der Waals surface area (Å²) in [6.07, 6.45) is 1.35. The number of nitrogens with zero attached hydrogens (tertiary/aromatic N) is 3. The predicted molar refractivity (Wildman–Crippen MR) is 152 cm³/mol. The Bertz CT molecular complexity index is 1590. The Morgan fingerprint density at radius 3 is 2.42 bits per heavy atom. The molecule has 0 bridgehead atoms. The highest BCUT2D eigenvalue weighted by Crippen LogP contribution is 2.42. The van der Waals surface area contributed by atoms with Crippen molar-refractivity contribution in [1.29, 1.82) is 0 Å². The normalized spacial score (nSPS) is 13.6. The SMILES string of the molecule is Cc1ccc(CN2c3ccccc3-c3nc(SCC(=O)Nc4ccc(C(C)C)cc4)ncc3S2(=O)=O)cc1. The first kappa shape index (κ1) is 25.9. The van der Waals surface area contributed by atoms with E-state index in [1.165, 1.54) is 27.8 Å². The van der Waals surface area contributed by atoms with E-state index < -0.39 is 10.0 Å². The van der Waals surface area contributed by atoms with Gasteiger partial charge in [0.2, 0.25) is 5.91 Å². The molecule has 5 rings (SSSR count). The molecule has 1 aromatic heterocycles. The van der Waals surface area contributed by atoms with Gasteiger partial charge in [-0.3, -0.25) is 9.10 Å². The number of sulfonamides is 1. The summed E-state index contributed by atoms with van der Waals surface area (Å²) < 4.78 is 28.7. The summed E-state index contributed by atoms with van der Waals surface area (Å²) >= 11 is 1.17. The van der Waals surface area contributed by atoms with Gasteiger partial charge in [-0.15, -0.1) is 0 Å². The van der Waals surface area contributed by atoms with Crippen molar-refractivity contribution < 1.29 is 13.2 Å². The van der Waals surface area contributed by atoms with Crippen LogP contribution in [-0.4, -0.2) is 30.0 Å². The number of para-hydroxylation sites is 1. The number of carbonyl (C=O) groups excluding carboxylic acids is 1. The van der Waals surface area contributed by atoms with Crippen molar-refractivity contribution in [2.45, 2.75) is 43.3 Å². The van der Waals surface area contributed by atoms with Crippen LogP contribution in [0.15, 0.2) is 89.0 Å². The summed E-state index contributed by atoms with van der Waals surface area (Å²) in [4.78, 5) is 21.5. The monoisotopic (exact) mass is 544 g/mol. The maximum Gasteiger partial charge on any atom is 0.268 e. The Morgan fingerprint density at radius 2 is 1.71 bits per heavy atom. The Labute approximate surface area is 227 Å². The molecule has 1 N–H and O–H groups in total. The molecule has 0 atom stereocenters. The third-order valence-corrected chi connectivity index (χ3v) is 8.99. The van der Waals surface area contributed by atoms with E-state index in [0.29, 0.717) is 28.0 Å². The lowest BCUT2D eigenvalue weighted by atomic mass is 10.0. The number of aromatic nitrogens is 2. The molecule has 4 aromatic rings. The number of hydrogen-bond acceptors (Lipinski definition) is 6. The molecule has 0 aliphatic carbocycles. The quantitative estimate of drug-likeness (QED) is 0.226. The van der Waals surface area contributed by atoms with Crippen LogP contribution in [0.5, 0.6) is 0 Å². The minimum absolute atomic E-state index is 0.0577. The molecule has 1 aliphatic heterocycles. The van der Waals surface area contributed by atoms with E-state index in [4.69, 9.17) is 0 Å². The Morgan fingerprint density at radius 1 is 1.00 bits per heavy atom. The number of fused-ring (bicyclic) bond motifs is 3. The van der Waals surface area contributed by atoms with Crippen molar-refractivity contribution in [3.8, 4) is 11.3 Å². The van der Waals surface area contributed by atoms with Crippen LogP contribution in [0.25, 0.3) is 11.3 Å². The second-order valence-electron chi connectivity index (χ2n) is 9.49. The zero-order valence-corrected chi connectivity index (χ0v) is 23.0. The van der Waals surface area contributed by atoms with Crippen LogP contribution in [0.4, 0.5) is 11.4 Å². The van der Waals surface area contributed by atoms with Gasteiger partial charge in [-0.05, 0) is 42.2 Å². The number of aryl methyl sites for hydroxylation is 1. The highest BCUT2D eigenvalue weighted by Gasteiger charge is 2.36. The molecule has 7 nitrogen and oxygen atoms in total. The summed E-state index contributed by atoms with van der Waals surface area (Å²) in [5.41, 5.74) is 5.55. The second-order valence-corrected chi connectivity index (χ2v) is 12.3. The number of nitrogens with one attached hydrogen (secondary N) is 1. The molecule has 0 unspecified atom stereocenters. The standard InChI is InChI=1S/C29H28N4O3S2/c1-19(2)22-12-14-23(15-13-22)31-27(34)18-37-29-30-16-26-28(32-29)24-6-4-5-7-25(24)33(38(26,35)36)17-21-10-8-20(3)9-11-21/h4-16,19H,17-18H2,1-3H3,(H,31,34). The first-order chi connectivity index (χ1) is 18.2. The second kappa shape index (κ2) is 10.6. The van der Waals surface area contributed by atoms with Gasteiger partial charge in [-0.1, -0.05) is 85.8 Å². The van der Waals surface area contributed by atoms with E-state index in [1.54, 1.807) is 6.07 Å². The van der Waals surface area contributed by atoms with E-state index in [0.717, 1.165) is 16.8 Å². The molecular weight excluding hydrogens is 516 g/mol. The summed E-state index contributed by atoms with van der Waals surface area (Å²) in [5, 5.41) is 3.22. The summed E-state index contributed by atoms with van der Waals surface area (Å²) in [7, 11) is -3.88. The number of benzene rings is 3. The third-order valence-electron chi connectivity index (χ3n) is 6.37. The van der Waals surface area contributed by atoms with Crippen LogP contribution in [0, 0.1) is 6.92 Å². The fourth-order valence-electron chi connectivity index (χ4n) is 4.25. The molecule has 1 aliphatic rings. The average molecular weight is 545 g/mol. The van der Waals surface area contributed by atoms with Crippen LogP contribution in [-0.2, 0) is 21.4 Å². The molecule has 0 fully saturated rings. The fraction of sp³-hybridized carbons (Fsp3) is 0.207. The first-order valence-electron chi connectivity index (χ1n) is 12.3. The van der Waals surface area contributed by atoms with Gasteiger partial charge in [0.1, 0.15) is 4.90 Å². The molecule has 194 valence electrons. The molecule has 0 spiro atoms. The van der Waals surface area contributed by atoms with Crippen LogP contribution in [0.1, 0.15) is 36.5 Å². The van der Waals surface area contributed by atoms with Crippen molar-refractivity contribution in [3.05, 3.63) is 95.7 Å². The highest BCUT2D eigenvalue weighted by molar-refractivity contribution is 7.99. The molecular formula is C29H28N4O3S2. The number of carbonyl (C=O) groups is 1. The van der Waals surface area contributed by atoms with Crippen molar-refractivity contribution in [2.75, 3.05) is 15.4 Å². The van der Waals surface area contributed by atoms with Crippen LogP contribution < -0.4 is 9.62 Å². The number of amides is 1. The Kier molecular flexibility index (Phi) is 7.23. The van der Waals surface area contributed by atoms with E-state index in [1.807, 2.05) is 73.7 Å². The Hall–Kier alpha value is -3.69. The number of rotatable bonds is 7. The van der Waals surface area contributed by atoms with Gasteiger partial charge in [0.15, 0.2) is 5.16 Å². The summed E-state index contributed by atoms with van der Waals surface area (Å²) in [6, 6.07) is 22.9. The van der Waals surface area contributed by atoms with Gasteiger partial charge in [0, 0.05) is 11.3 Å². The van der Waals surface area contributed by atoms with E-state index in [-0.39, 0.29) is 23.1 Å². The van der Waals surface area contributed by atoms with Gasteiger partial charge >= 0.3 is 0 Å². The lowest BCUT2D eigenvalue weighted by molar-refractivity contribution is -0.113. The minimum Gasteiger partial charge on any atom is -0.325 e. The average Bonchev–Trinajstić information content (AvgIpc) is 2.91. The van der Waals surface area contributed by atoms with Crippen molar-refractivity contribution >= 4 is 39.1 Å². The maximum absolute atomic E-state index is 13.7. The summed E-state index contributed by atoms with van der Waals surface area (Å²) in [6.45, 7) is 6.43. The number of thioether (sulfide) groups is 1. The molecule has 38 heavy (non-hydrogen) atoms. The fourth-order valence-corrected chi connectivity index (χ4v) is 6.43. The van der Waals surface area contributed by atoms with Crippen LogP contribution >= 0.6 is 11.8 Å². The minimum atomic E-state index is -3.88. The third kappa shape index (κ3) is 5.30. The maximum atomic E-state index is 13.7. The van der Waals surface area contributed by atoms with E-state index >= 15 is 0 Å². The Balaban J connectivity index is 1.36. The van der Waals surface area contributed by atoms with E-state index in [2.05, 4.69) is 29.1 Å². The van der Waals surface area contributed by atoms with Gasteiger partial charge in [0.05, 0.1) is 29.9 Å². The van der Waals surface area contributed by atoms with Crippen molar-refractivity contribution in [2.24, 2.45) is 0 Å². The van der Waals surface area contributed by atoms with Gasteiger partial charge in [-0.2, -0.15) is 0 Å². The molecule has 0 saturated carbocycles. The van der Waals surface area contributed by atoms with Gasteiger partial charge in [0.25, 0.3) is 10.0 Å². The van der Waals surface area contributed by atoms with Crippen LogP contribution in [0.3, 0.4) is 0 Å². The summed E-state index contributed by atoms with van der Waals surface area (Å²) in [5.74, 6) is 0.324. The molecule has 0 radical (unpaired) electrons. The van der Waals surface area contributed by atoms with Crippen molar-refractivity contribution in [3.63, 3.8) is 0 Å². The smallest absolute Gasteiger partial charge is 0.268 e. The van der Waals surface area contributed by atoms with Crippen molar-refractivity contribution in [1.82, 2.24) is 9.97 Å². The van der Waals surface area contributed by atoms with E-state index in [9.17, 15) is 13.2 Å². The molecule has 1 amide bonds. The topological polar surface area (TPSA) is 92.3 Å². The first-order valence-corrected chi connectivity index (χ1v) is 14.7. The van der Waals surface area contributed by atoms with Gasteiger partial charge < -0.3 is 5.32 Å². The number of anilines is 2. The zero-order chi connectivity index (χ0) is 26.9. The van der Waals surface area contributed by atoms with Gasteiger partial charge in [-0.25, -0.2) is 18.4 Å². The zero-order valence-electron chi connectivity index (χ0n) is 21.4. The predicted octanol–water partition coefficient (Wildman–Crippen LogP) is 6.02. The lowest BCUT2D eigenvalue weighted by Gasteiger charge is -2.31. The number of hydrogen-bond donors (Lipinski definition) is 1. The lowest BCUT2D eigenvalue weighted by Crippen LogP contribution is -2.34. The van der Waals surface area contributed by atoms with Crippen LogP contribution in [0.2, 0.25) is 0 Å².